The fraction of sp³-hybridized carbons (Fsp3) is 0.706. The number of terminal acetylenes is 1. The Kier molecular flexibility index (Phi) is 21.2. The van der Waals surface area contributed by atoms with Gasteiger partial charge in [0.25, 0.3) is 11.7 Å². The summed E-state index contributed by atoms with van der Waals surface area (Å²) >= 11 is 0. The minimum atomic E-state index is -2.50. The number of aliphatic hydroxyl groups excluding tert-OH is 3. The van der Waals surface area contributed by atoms with Gasteiger partial charge in [-0.25, -0.2) is 4.79 Å². The third-order valence-corrected chi connectivity index (χ3v) is 14.1. The lowest BCUT2D eigenvalue weighted by Gasteiger charge is -2.42. The fourth-order valence-electron chi connectivity index (χ4n) is 9.74. The lowest BCUT2D eigenvalue weighted by molar-refractivity contribution is -0.265. The summed E-state index contributed by atoms with van der Waals surface area (Å²) in [6.07, 6.45) is 13.6. The first-order valence-electron chi connectivity index (χ1n) is 23.8. The topological polar surface area (TPSA) is 232 Å². The van der Waals surface area contributed by atoms with Crippen molar-refractivity contribution in [2.24, 2.45) is 35.3 Å². The van der Waals surface area contributed by atoms with Crippen molar-refractivity contribution in [3.05, 3.63) is 47.6 Å². The Hall–Kier alpha value is -3.85. The Morgan fingerprint density at radius 2 is 1.65 bits per heavy atom. The summed E-state index contributed by atoms with van der Waals surface area (Å²) in [5, 5.41) is 44.5. The largest absolute Gasteiger partial charge is 0.459 e. The van der Waals surface area contributed by atoms with Crippen LogP contribution in [0.5, 0.6) is 0 Å². The zero-order valence-corrected chi connectivity index (χ0v) is 40.0. The molecule has 3 heterocycles. The molecule has 66 heavy (non-hydrogen) atoms. The van der Waals surface area contributed by atoms with Crippen LogP contribution in [0.15, 0.2) is 47.6 Å². The molecular formula is C51H76N2O13. The van der Waals surface area contributed by atoms with Gasteiger partial charge in [0, 0.05) is 50.3 Å². The Labute approximate surface area is 391 Å². The number of carbonyl (C=O) groups is 5. The Morgan fingerprint density at radius 3 is 2.35 bits per heavy atom. The molecule has 0 aromatic heterocycles. The predicted octanol–water partition coefficient (Wildman–Crippen LogP) is 4.22. The van der Waals surface area contributed by atoms with Crippen LogP contribution in [0.3, 0.4) is 0 Å². The Balaban J connectivity index is 1.70. The minimum Gasteiger partial charge on any atom is -0.459 e. The van der Waals surface area contributed by atoms with Crippen LogP contribution >= 0.6 is 0 Å². The van der Waals surface area contributed by atoms with E-state index < -0.39 is 108 Å². The molecule has 4 aliphatic rings. The molecule has 3 aliphatic heterocycles. The van der Waals surface area contributed by atoms with E-state index >= 15 is 0 Å². The number of fused-ring (bicyclic) bond motifs is 3. The summed E-state index contributed by atoms with van der Waals surface area (Å²) in [4.78, 5) is 71.2. The lowest BCUT2D eigenvalue weighted by Crippen LogP contribution is -2.61. The normalized spacial score (nSPS) is 39.8. The SMILES string of the molecule is C#CCOC1C[C@@H]2CC[C@@H](C)[C@@](O)(O2)C(=O)C(=O)N2CCCC[C@H]2C(=O)O[C@H]([C@H](N)C[C@@H]2CC[C@@H](O)[C@H](OC)C2)CC(=O)[C@H](C)/C=C(\C)[C@@H](O)[C@@H](O)C(=O)[C@H](C)C[C@H](C)/C=C/C=C/C=C/1C. The third kappa shape index (κ3) is 14.6. The molecule has 3 fully saturated rings. The van der Waals surface area contributed by atoms with Crippen molar-refractivity contribution in [3.63, 3.8) is 0 Å². The molecule has 2 saturated heterocycles. The number of esters is 1. The number of piperidine rings is 1. The summed E-state index contributed by atoms with van der Waals surface area (Å²) in [5.74, 6) is -6.44. The number of rotatable bonds is 6. The van der Waals surface area contributed by atoms with Gasteiger partial charge in [0.1, 0.15) is 36.7 Å². The van der Waals surface area contributed by atoms with Gasteiger partial charge in [-0.05, 0) is 101 Å². The second-order valence-corrected chi connectivity index (χ2v) is 19.3. The average molecular weight is 925 g/mol. The van der Waals surface area contributed by atoms with Gasteiger partial charge in [-0.3, -0.25) is 19.2 Å². The molecule has 0 aromatic carbocycles. The molecule has 1 aliphatic carbocycles. The molecule has 1 unspecified atom stereocenters. The number of hydrogen-bond acceptors (Lipinski definition) is 14. The maximum atomic E-state index is 14.3. The number of cyclic esters (lactones) is 1. The molecule has 15 atom stereocenters. The number of aliphatic hydroxyl groups is 4. The van der Waals surface area contributed by atoms with Crippen molar-refractivity contribution in [1.29, 1.82) is 0 Å². The summed E-state index contributed by atoms with van der Waals surface area (Å²) in [6.45, 7) is 10.2. The molecule has 0 aromatic rings. The fourth-order valence-corrected chi connectivity index (χ4v) is 9.74. The van der Waals surface area contributed by atoms with Gasteiger partial charge in [-0.2, -0.15) is 0 Å². The number of nitrogens with two attached hydrogens (primary N) is 1. The van der Waals surface area contributed by atoms with E-state index in [4.69, 9.17) is 31.1 Å². The van der Waals surface area contributed by atoms with Crippen LogP contribution in [0, 0.1) is 41.9 Å². The minimum absolute atomic E-state index is 0.00926. The molecule has 1 amide bonds. The highest BCUT2D eigenvalue weighted by molar-refractivity contribution is 6.39. The Bertz CT molecular complexity index is 1850. The first-order chi connectivity index (χ1) is 31.2. The quantitative estimate of drug-likeness (QED) is 0.109. The molecule has 0 radical (unpaired) electrons. The molecule has 6 N–H and O–H groups in total. The van der Waals surface area contributed by atoms with Crippen molar-refractivity contribution in [1.82, 2.24) is 4.90 Å². The second kappa shape index (κ2) is 25.5. The van der Waals surface area contributed by atoms with Crippen LogP contribution < -0.4 is 5.73 Å². The standard InChI is InChI=1S/C51H76N2O13/c1-9-23-64-42-28-37-20-18-35(7)51(62,66-37)48(59)49(60)53-22-14-13-17-39(53)50(61)65-43(38(52)26-36-19-21-40(54)44(27-36)63-8)29-41(55)32(4)25-34(6)46(57)47(58)45(56)33(5)24-30(2)15-11-10-12-16-31(42)3/h1,10-12,15-16,25,30,32-33,35-40,42-44,46-47,54,57-58,62H,13-14,17-24,26-29,52H2,2-8H3/b12-10+,15-11+,31-16+,34-25+/t30-,32-,33-,35-,36+,37+,38-,39+,40-,42?,43+,44-,46-,47+,51-/m1/s1. The maximum Gasteiger partial charge on any atom is 0.329 e. The number of amides is 1. The van der Waals surface area contributed by atoms with Crippen molar-refractivity contribution in [2.75, 3.05) is 20.3 Å². The smallest absolute Gasteiger partial charge is 0.329 e. The molecule has 0 spiro atoms. The van der Waals surface area contributed by atoms with E-state index in [0.29, 0.717) is 57.8 Å². The average Bonchev–Trinajstić information content (AvgIpc) is 3.29. The number of allylic oxidation sites excluding steroid dienone is 6. The number of carbonyl (C=O) groups excluding carboxylic acids is 5. The highest BCUT2D eigenvalue weighted by Gasteiger charge is 2.53. The second-order valence-electron chi connectivity index (χ2n) is 19.3. The van der Waals surface area contributed by atoms with Crippen LogP contribution in [0.4, 0.5) is 0 Å². The van der Waals surface area contributed by atoms with Crippen molar-refractivity contribution < 1.29 is 63.3 Å². The van der Waals surface area contributed by atoms with Gasteiger partial charge in [0.05, 0.1) is 24.4 Å². The maximum absolute atomic E-state index is 14.3. The number of methoxy groups -OCH3 is 1. The lowest BCUT2D eigenvalue weighted by atomic mass is 9.80. The van der Waals surface area contributed by atoms with Gasteiger partial charge in [0.2, 0.25) is 5.79 Å². The zero-order chi connectivity index (χ0) is 48.9. The van der Waals surface area contributed by atoms with E-state index in [0.717, 1.165) is 10.5 Å². The van der Waals surface area contributed by atoms with E-state index in [-0.39, 0.29) is 49.8 Å². The van der Waals surface area contributed by atoms with Crippen LogP contribution in [0.25, 0.3) is 0 Å². The van der Waals surface area contributed by atoms with Gasteiger partial charge in [-0.15, -0.1) is 6.42 Å². The predicted molar refractivity (Wildman–Crippen MR) is 247 cm³/mol. The molecule has 15 heteroatoms. The van der Waals surface area contributed by atoms with Crippen molar-refractivity contribution in [2.45, 2.75) is 179 Å². The van der Waals surface area contributed by atoms with E-state index in [9.17, 15) is 44.4 Å². The van der Waals surface area contributed by atoms with Crippen molar-refractivity contribution in [3.8, 4) is 12.3 Å². The molecule has 2 bridgehead atoms. The number of nitrogens with zero attached hydrogens (tertiary/aromatic N) is 1. The van der Waals surface area contributed by atoms with Gasteiger partial charge >= 0.3 is 5.97 Å². The van der Waals surface area contributed by atoms with Crippen LogP contribution in [0.2, 0.25) is 0 Å². The first-order valence-corrected chi connectivity index (χ1v) is 23.8. The number of ether oxygens (including phenoxy) is 4. The van der Waals surface area contributed by atoms with Crippen molar-refractivity contribution >= 4 is 29.2 Å². The molecule has 4 rings (SSSR count). The van der Waals surface area contributed by atoms with Crippen LogP contribution in [-0.4, -0.2) is 135 Å². The van der Waals surface area contributed by atoms with Gasteiger partial charge in [-0.1, -0.05) is 70.1 Å². The van der Waals surface area contributed by atoms with E-state index in [1.807, 2.05) is 44.2 Å². The summed E-state index contributed by atoms with van der Waals surface area (Å²) in [7, 11) is 1.52. The van der Waals surface area contributed by atoms with Gasteiger partial charge in [0.15, 0.2) is 5.78 Å². The first kappa shape index (κ1) is 54.8. The summed E-state index contributed by atoms with van der Waals surface area (Å²) < 4.78 is 23.8. The van der Waals surface area contributed by atoms with E-state index in [2.05, 4.69) is 5.92 Å². The molecule has 15 nitrogen and oxygen atoms in total. The molecule has 368 valence electrons. The Morgan fingerprint density at radius 1 is 0.924 bits per heavy atom. The number of hydrogen-bond donors (Lipinski definition) is 5. The van der Waals surface area contributed by atoms with Gasteiger partial charge < -0.3 is 50.0 Å². The molecule has 1 saturated carbocycles. The molecular weight excluding hydrogens is 849 g/mol. The van der Waals surface area contributed by atoms with E-state index in [1.54, 1.807) is 20.8 Å². The number of ketones is 3. The highest BCUT2D eigenvalue weighted by Crippen LogP contribution is 2.37. The number of Topliss-reactive ketones (excluding diaryl/α,β-unsaturated/α-hetero) is 3. The summed E-state index contributed by atoms with van der Waals surface area (Å²) in [6, 6.07) is -2.10. The van der Waals surface area contributed by atoms with Crippen LogP contribution in [-0.2, 0) is 42.9 Å². The monoisotopic (exact) mass is 925 g/mol. The zero-order valence-electron chi connectivity index (χ0n) is 40.0. The summed E-state index contributed by atoms with van der Waals surface area (Å²) in [5.41, 5.74) is 7.80. The third-order valence-electron chi connectivity index (χ3n) is 14.1. The van der Waals surface area contributed by atoms with Crippen LogP contribution in [0.1, 0.15) is 119 Å². The van der Waals surface area contributed by atoms with E-state index in [1.165, 1.54) is 20.1 Å². The highest BCUT2D eigenvalue weighted by atomic mass is 16.6.